The van der Waals surface area contributed by atoms with Crippen LogP contribution in [0.3, 0.4) is 0 Å². The van der Waals surface area contributed by atoms with Crippen LogP contribution in [-0.2, 0) is 9.84 Å². The lowest BCUT2D eigenvalue weighted by atomic mass is 10.1. The van der Waals surface area contributed by atoms with Crippen LogP contribution in [0.15, 0.2) is 30.5 Å². The number of amides is 1. The molecule has 1 aliphatic heterocycles. The summed E-state index contributed by atoms with van der Waals surface area (Å²) >= 11 is 0. The van der Waals surface area contributed by atoms with Crippen molar-refractivity contribution in [2.75, 3.05) is 11.5 Å². The summed E-state index contributed by atoms with van der Waals surface area (Å²) in [6.45, 7) is 4.19. The van der Waals surface area contributed by atoms with Crippen molar-refractivity contribution >= 4 is 26.6 Å². The van der Waals surface area contributed by atoms with Crippen molar-refractivity contribution in [1.82, 2.24) is 9.88 Å². The highest BCUT2D eigenvalue weighted by molar-refractivity contribution is 7.91. The van der Waals surface area contributed by atoms with Crippen molar-refractivity contribution in [1.29, 1.82) is 0 Å². The summed E-state index contributed by atoms with van der Waals surface area (Å²) < 4.78 is 25.0. The molecular formula is C16H20N2O3S. The van der Waals surface area contributed by atoms with E-state index >= 15 is 0 Å². The number of rotatable bonds is 3. The molecule has 0 bridgehead atoms. The Morgan fingerprint density at radius 2 is 2.09 bits per heavy atom. The van der Waals surface area contributed by atoms with E-state index in [2.05, 4.69) is 23.7 Å². The van der Waals surface area contributed by atoms with Gasteiger partial charge in [0.15, 0.2) is 9.84 Å². The summed E-state index contributed by atoms with van der Waals surface area (Å²) in [5.74, 6) is -0.00297. The Kier molecular flexibility index (Phi) is 3.72. The van der Waals surface area contributed by atoms with E-state index in [9.17, 15) is 13.2 Å². The van der Waals surface area contributed by atoms with Gasteiger partial charge in [-0.15, -0.1) is 0 Å². The molecule has 118 valence electrons. The molecule has 1 aliphatic rings. The van der Waals surface area contributed by atoms with Gasteiger partial charge >= 0.3 is 0 Å². The van der Waals surface area contributed by atoms with Crippen LogP contribution < -0.4 is 5.32 Å². The number of hydrogen-bond donors (Lipinski definition) is 1. The minimum absolute atomic E-state index is 0.0450. The molecule has 1 amide bonds. The predicted octanol–water partition coefficient (Wildman–Crippen LogP) is 2.14. The summed E-state index contributed by atoms with van der Waals surface area (Å²) in [5.41, 5.74) is 1.58. The van der Waals surface area contributed by atoms with Gasteiger partial charge in [-0.1, -0.05) is 6.07 Å². The molecule has 22 heavy (non-hydrogen) atoms. The average Bonchev–Trinajstić information content (AvgIpc) is 3.01. The Bertz CT molecular complexity index is 821. The Morgan fingerprint density at radius 3 is 2.73 bits per heavy atom. The average molecular weight is 320 g/mol. The maximum absolute atomic E-state index is 12.3. The van der Waals surface area contributed by atoms with Crippen LogP contribution in [-0.4, -0.2) is 36.4 Å². The fourth-order valence-electron chi connectivity index (χ4n) is 2.92. The van der Waals surface area contributed by atoms with Gasteiger partial charge in [0.2, 0.25) is 0 Å². The van der Waals surface area contributed by atoms with Gasteiger partial charge in [-0.05, 0) is 43.9 Å². The molecule has 1 saturated heterocycles. The van der Waals surface area contributed by atoms with Crippen molar-refractivity contribution in [3.05, 3.63) is 36.0 Å². The molecule has 0 spiro atoms. The molecule has 1 aromatic heterocycles. The Morgan fingerprint density at radius 1 is 1.32 bits per heavy atom. The zero-order valence-electron chi connectivity index (χ0n) is 12.7. The number of nitrogens with one attached hydrogen (secondary N) is 1. The fraction of sp³-hybridized carbons (Fsp3) is 0.438. The minimum Gasteiger partial charge on any atom is -0.348 e. The Balaban J connectivity index is 1.83. The highest BCUT2D eigenvalue weighted by atomic mass is 32.2. The number of nitrogens with zero attached hydrogens (tertiary/aromatic N) is 1. The highest BCUT2D eigenvalue weighted by Crippen LogP contribution is 2.21. The number of carbonyl (C=O) groups is 1. The third-order valence-corrected chi connectivity index (χ3v) is 5.88. The zero-order chi connectivity index (χ0) is 15.9. The van der Waals surface area contributed by atoms with Crippen molar-refractivity contribution in [3.8, 4) is 0 Å². The maximum atomic E-state index is 12.3. The van der Waals surface area contributed by atoms with Crippen LogP contribution in [0.5, 0.6) is 0 Å². The molecule has 2 aromatic rings. The lowest BCUT2D eigenvalue weighted by molar-refractivity contribution is 0.0941. The molecule has 0 radical (unpaired) electrons. The first kappa shape index (κ1) is 15.1. The normalized spacial score (nSPS) is 20.6. The maximum Gasteiger partial charge on any atom is 0.251 e. The lowest BCUT2D eigenvalue weighted by Crippen LogP contribution is -2.35. The molecule has 3 rings (SSSR count). The quantitative estimate of drug-likeness (QED) is 0.942. The molecule has 1 N–H and O–H groups in total. The van der Waals surface area contributed by atoms with E-state index in [1.165, 1.54) is 0 Å². The summed E-state index contributed by atoms with van der Waals surface area (Å²) in [6, 6.07) is 7.65. The van der Waals surface area contributed by atoms with E-state index in [-0.39, 0.29) is 23.5 Å². The molecule has 0 saturated carbocycles. The van der Waals surface area contributed by atoms with Gasteiger partial charge in [-0.2, -0.15) is 0 Å². The molecule has 1 fully saturated rings. The van der Waals surface area contributed by atoms with Crippen LogP contribution >= 0.6 is 0 Å². The molecule has 0 unspecified atom stereocenters. The second-order valence-electron chi connectivity index (χ2n) is 6.16. The van der Waals surface area contributed by atoms with Crippen LogP contribution in [0.1, 0.15) is 36.7 Å². The lowest BCUT2D eigenvalue weighted by Gasteiger charge is -2.12. The second-order valence-corrected chi connectivity index (χ2v) is 8.39. The van der Waals surface area contributed by atoms with Gasteiger partial charge in [0.1, 0.15) is 0 Å². The van der Waals surface area contributed by atoms with Gasteiger partial charge in [-0.3, -0.25) is 4.79 Å². The highest BCUT2D eigenvalue weighted by Gasteiger charge is 2.29. The second kappa shape index (κ2) is 5.43. The van der Waals surface area contributed by atoms with Crippen LogP contribution in [0.2, 0.25) is 0 Å². The van der Waals surface area contributed by atoms with E-state index < -0.39 is 9.84 Å². The first-order valence-electron chi connectivity index (χ1n) is 7.47. The van der Waals surface area contributed by atoms with Crippen molar-refractivity contribution in [3.63, 3.8) is 0 Å². The van der Waals surface area contributed by atoms with E-state index in [0.717, 1.165) is 10.9 Å². The number of sulfone groups is 1. The van der Waals surface area contributed by atoms with E-state index in [1.807, 2.05) is 24.4 Å². The Labute approximate surface area is 130 Å². The third-order valence-electron chi connectivity index (χ3n) is 4.11. The molecule has 6 heteroatoms. The minimum atomic E-state index is -2.99. The van der Waals surface area contributed by atoms with Crippen molar-refractivity contribution in [2.45, 2.75) is 32.4 Å². The zero-order valence-corrected chi connectivity index (χ0v) is 13.6. The van der Waals surface area contributed by atoms with Gasteiger partial charge in [-0.25, -0.2) is 8.42 Å². The monoisotopic (exact) mass is 320 g/mol. The Hall–Kier alpha value is -1.82. The van der Waals surface area contributed by atoms with Crippen LogP contribution in [0, 0.1) is 0 Å². The first-order valence-corrected chi connectivity index (χ1v) is 9.30. The number of benzene rings is 1. The van der Waals surface area contributed by atoms with Crippen molar-refractivity contribution in [2.24, 2.45) is 0 Å². The largest absolute Gasteiger partial charge is 0.348 e. The standard InChI is InChI=1S/C16H20N2O3S/c1-11(2)18-7-5-12-3-4-13(9-15(12)18)16(19)17-14-6-8-22(20,21)10-14/h3-5,7,9,11,14H,6,8,10H2,1-2H3,(H,17,19)/t14-/m0/s1. The molecule has 2 heterocycles. The van der Waals surface area contributed by atoms with Crippen LogP contribution in [0.25, 0.3) is 10.9 Å². The number of hydrogen-bond acceptors (Lipinski definition) is 3. The number of carbonyl (C=O) groups excluding carboxylic acids is 1. The molecule has 5 nitrogen and oxygen atoms in total. The van der Waals surface area contributed by atoms with E-state index in [1.54, 1.807) is 6.07 Å². The summed E-state index contributed by atoms with van der Waals surface area (Å²) in [6.07, 6.45) is 2.51. The number of fused-ring (bicyclic) bond motifs is 1. The smallest absolute Gasteiger partial charge is 0.251 e. The fourth-order valence-corrected chi connectivity index (χ4v) is 4.59. The summed E-state index contributed by atoms with van der Waals surface area (Å²) in [5, 5.41) is 3.92. The summed E-state index contributed by atoms with van der Waals surface area (Å²) in [7, 11) is -2.99. The third kappa shape index (κ3) is 2.88. The predicted molar refractivity (Wildman–Crippen MR) is 86.8 cm³/mol. The van der Waals surface area contributed by atoms with Crippen molar-refractivity contribution < 1.29 is 13.2 Å². The van der Waals surface area contributed by atoms with E-state index in [4.69, 9.17) is 0 Å². The molecule has 0 aliphatic carbocycles. The van der Waals surface area contributed by atoms with Gasteiger partial charge in [0, 0.05) is 29.4 Å². The first-order chi connectivity index (χ1) is 10.4. The summed E-state index contributed by atoms with van der Waals surface area (Å²) in [4.78, 5) is 12.3. The van der Waals surface area contributed by atoms with Crippen LogP contribution in [0.4, 0.5) is 0 Å². The van der Waals surface area contributed by atoms with E-state index in [0.29, 0.717) is 18.0 Å². The number of aromatic nitrogens is 1. The molecular weight excluding hydrogens is 300 g/mol. The van der Waals surface area contributed by atoms with Gasteiger partial charge in [0.25, 0.3) is 5.91 Å². The van der Waals surface area contributed by atoms with Gasteiger partial charge in [0.05, 0.1) is 11.5 Å². The topological polar surface area (TPSA) is 68.2 Å². The molecule has 1 aromatic carbocycles. The molecule has 1 atom stereocenters. The van der Waals surface area contributed by atoms with Gasteiger partial charge < -0.3 is 9.88 Å². The SMILES string of the molecule is CC(C)n1ccc2ccc(C(=O)N[C@H]3CCS(=O)(=O)C3)cc21.